The van der Waals surface area contributed by atoms with Gasteiger partial charge in [0, 0.05) is 30.3 Å². The van der Waals surface area contributed by atoms with E-state index in [-0.39, 0.29) is 6.04 Å². The number of hydrogen-bond acceptors (Lipinski definition) is 2. The molecule has 2 aliphatic carbocycles. The van der Waals surface area contributed by atoms with Gasteiger partial charge in [0.15, 0.2) is 0 Å². The highest BCUT2D eigenvalue weighted by atomic mass is 15.3. The fourth-order valence-corrected chi connectivity index (χ4v) is 2.83. The Bertz CT molecular complexity index is 390. The maximum atomic E-state index is 6.32. The number of fused-ring (bicyclic) bond motifs is 1. The van der Waals surface area contributed by atoms with Crippen LogP contribution in [0.3, 0.4) is 0 Å². The van der Waals surface area contributed by atoms with Crippen molar-refractivity contribution >= 4 is 0 Å². The van der Waals surface area contributed by atoms with E-state index in [4.69, 9.17) is 5.73 Å². The normalized spacial score (nSPS) is 30.3. The predicted octanol–water partition coefficient (Wildman–Crippen LogP) is 1.88. The third kappa shape index (κ3) is 1.33. The molecule has 15 heavy (non-hydrogen) atoms. The molecule has 0 bridgehead atoms. The molecule has 3 rings (SSSR count). The molecule has 2 atom stereocenters. The summed E-state index contributed by atoms with van der Waals surface area (Å²) < 4.78 is 2.08. The van der Waals surface area contributed by atoms with Crippen LogP contribution in [-0.4, -0.2) is 9.78 Å². The van der Waals surface area contributed by atoms with Crippen LogP contribution in [0.1, 0.15) is 55.1 Å². The summed E-state index contributed by atoms with van der Waals surface area (Å²) >= 11 is 0. The Morgan fingerprint density at radius 1 is 1.33 bits per heavy atom. The minimum absolute atomic E-state index is 0.220. The first kappa shape index (κ1) is 9.40. The van der Waals surface area contributed by atoms with Crippen molar-refractivity contribution in [3.63, 3.8) is 0 Å². The largest absolute Gasteiger partial charge is 0.324 e. The lowest BCUT2D eigenvalue weighted by molar-refractivity contribution is 0.408. The van der Waals surface area contributed by atoms with Crippen LogP contribution in [0.4, 0.5) is 0 Å². The first-order chi connectivity index (χ1) is 7.18. The molecule has 0 aromatic carbocycles. The van der Waals surface area contributed by atoms with Crippen LogP contribution in [0.25, 0.3) is 0 Å². The Labute approximate surface area is 90.7 Å². The molecule has 2 N–H and O–H groups in total. The topological polar surface area (TPSA) is 43.8 Å². The quantitative estimate of drug-likeness (QED) is 0.760. The first-order valence-electron chi connectivity index (χ1n) is 5.99. The van der Waals surface area contributed by atoms with Gasteiger partial charge in [0.25, 0.3) is 0 Å². The molecule has 3 heteroatoms. The lowest BCUT2D eigenvalue weighted by Crippen LogP contribution is -2.25. The summed E-state index contributed by atoms with van der Waals surface area (Å²) in [5, 5.41) is 4.63. The smallest absolute Gasteiger partial charge is 0.0675 e. The standard InChI is InChI=1S/C12H19N3/c1-7-3-6-9-10(11(7)13)12(8-4-5-8)15(2)14-9/h7-8,11H,3-6,13H2,1-2H3. The molecule has 0 spiro atoms. The summed E-state index contributed by atoms with van der Waals surface area (Å²) in [4.78, 5) is 0. The van der Waals surface area contributed by atoms with E-state index in [0.29, 0.717) is 5.92 Å². The minimum Gasteiger partial charge on any atom is -0.324 e. The molecule has 0 saturated heterocycles. The first-order valence-corrected chi connectivity index (χ1v) is 5.99. The Morgan fingerprint density at radius 2 is 2.07 bits per heavy atom. The third-order valence-electron chi connectivity index (χ3n) is 3.95. The van der Waals surface area contributed by atoms with Gasteiger partial charge in [0.1, 0.15) is 0 Å². The molecule has 2 aliphatic rings. The molecule has 3 nitrogen and oxygen atoms in total. The number of hydrogen-bond donors (Lipinski definition) is 1. The zero-order valence-electron chi connectivity index (χ0n) is 9.53. The lowest BCUT2D eigenvalue weighted by atomic mass is 9.83. The summed E-state index contributed by atoms with van der Waals surface area (Å²) in [5.74, 6) is 1.36. The van der Waals surface area contributed by atoms with Crippen molar-refractivity contribution in [3.05, 3.63) is 17.0 Å². The van der Waals surface area contributed by atoms with E-state index in [1.807, 2.05) is 0 Å². The van der Waals surface area contributed by atoms with E-state index in [1.54, 1.807) is 0 Å². The van der Waals surface area contributed by atoms with Crippen LogP contribution < -0.4 is 5.73 Å². The number of nitrogens with two attached hydrogens (primary N) is 1. The highest BCUT2D eigenvalue weighted by molar-refractivity contribution is 5.36. The number of aryl methyl sites for hydroxylation is 2. The van der Waals surface area contributed by atoms with Gasteiger partial charge < -0.3 is 5.73 Å². The second-order valence-corrected chi connectivity index (χ2v) is 5.19. The van der Waals surface area contributed by atoms with Crippen molar-refractivity contribution in [2.45, 2.75) is 44.6 Å². The molecule has 1 heterocycles. The van der Waals surface area contributed by atoms with Gasteiger partial charge in [-0.3, -0.25) is 4.68 Å². The van der Waals surface area contributed by atoms with Crippen LogP contribution in [0, 0.1) is 5.92 Å². The molecular weight excluding hydrogens is 186 g/mol. The van der Waals surface area contributed by atoms with Gasteiger partial charge in [-0.15, -0.1) is 0 Å². The molecular formula is C12H19N3. The second-order valence-electron chi connectivity index (χ2n) is 5.19. The summed E-state index contributed by atoms with van der Waals surface area (Å²) in [6.07, 6.45) is 4.96. The van der Waals surface area contributed by atoms with Gasteiger partial charge in [0.05, 0.1) is 5.69 Å². The summed E-state index contributed by atoms with van der Waals surface area (Å²) in [6, 6.07) is 0.220. The minimum atomic E-state index is 0.220. The monoisotopic (exact) mass is 205 g/mol. The van der Waals surface area contributed by atoms with E-state index < -0.39 is 0 Å². The van der Waals surface area contributed by atoms with Crippen molar-refractivity contribution in [3.8, 4) is 0 Å². The Morgan fingerprint density at radius 3 is 2.73 bits per heavy atom. The van der Waals surface area contributed by atoms with Crippen molar-refractivity contribution in [1.82, 2.24) is 9.78 Å². The van der Waals surface area contributed by atoms with E-state index in [2.05, 4.69) is 23.8 Å². The fraction of sp³-hybridized carbons (Fsp3) is 0.750. The van der Waals surface area contributed by atoms with Crippen molar-refractivity contribution in [2.24, 2.45) is 18.7 Å². The van der Waals surface area contributed by atoms with E-state index in [0.717, 1.165) is 12.3 Å². The molecule has 1 aromatic rings. The number of rotatable bonds is 1. The van der Waals surface area contributed by atoms with Crippen LogP contribution in [-0.2, 0) is 13.5 Å². The molecule has 2 unspecified atom stereocenters. The van der Waals surface area contributed by atoms with Crippen LogP contribution in [0.5, 0.6) is 0 Å². The highest BCUT2D eigenvalue weighted by Gasteiger charge is 2.36. The Kier molecular flexibility index (Phi) is 1.93. The summed E-state index contributed by atoms with van der Waals surface area (Å²) in [7, 11) is 2.07. The lowest BCUT2D eigenvalue weighted by Gasteiger charge is -2.26. The predicted molar refractivity (Wildman–Crippen MR) is 59.6 cm³/mol. The third-order valence-corrected chi connectivity index (χ3v) is 3.95. The number of aromatic nitrogens is 2. The molecule has 1 saturated carbocycles. The van der Waals surface area contributed by atoms with E-state index in [9.17, 15) is 0 Å². The molecule has 1 fully saturated rings. The van der Waals surface area contributed by atoms with Crippen LogP contribution in [0.15, 0.2) is 0 Å². The molecule has 0 aliphatic heterocycles. The number of nitrogens with zero attached hydrogens (tertiary/aromatic N) is 2. The van der Waals surface area contributed by atoms with Crippen LogP contribution >= 0.6 is 0 Å². The van der Waals surface area contributed by atoms with Crippen molar-refractivity contribution in [2.75, 3.05) is 0 Å². The average Bonchev–Trinajstić information content (AvgIpc) is 2.97. The highest BCUT2D eigenvalue weighted by Crippen LogP contribution is 2.46. The zero-order chi connectivity index (χ0) is 10.6. The Hall–Kier alpha value is -0.830. The second kappa shape index (κ2) is 3.08. The molecule has 82 valence electrons. The molecule has 0 amide bonds. The molecule has 0 radical (unpaired) electrons. The van der Waals surface area contributed by atoms with Gasteiger partial charge >= 0.3 is 0 Å². The van der Waals surface area contributed by atoms with Crippen molar-refractivity contribution in [1.29, 1.82) is 0 Å². The van der Waals surface area contributed by atoms with E-state index in [1.165, 1.54) is 36.2 Å². The maximum absolute atomic E-state index is 6.32. The van der Waals surface area contributed by atoms with Gasteiger partial charge in [-0.25, -0.2) is 0 Å². The van der Waals surface area contributed by atoms with Crippen LogP contribution in [0.2, 0.25) is 0 Å². The van der Waals surface area contributed by atoms with Gasteiger partial charge in [0.2, 0.25) is 0 Å². The Balaban J connectivity index is 2.11. The maximum Gasteiger partial charge on any atom is 0.0675 e. The average molecular weight is 205 g/mol. The zero-order valence-corrected chi connectivity index (χ0v) is 9.53. The van der Waals surface area contributed by atoms with Gasteiger partial charge in [-0.2, -0.15) is 5.10 Å². The SMILES string of the molecule is CC1CCc2nn(C)c(C3CC3)c2C1N. The van der Waals surface area contributed by atoms with E-state index >= 15 is 0 Å². The van der Waals surface area contributed by atoms with Gasteiger partial charge in [-0.05, 0) is 31.6 Å². The van der Waals surface area contributed by atoms with Crippen molar-refractivity contribution < 1.29 is 0 Å². The summed E-state index contributed by atoms with van der Waals surface area (Å²) in [5.41, 5.74) is 10.4. The molecule has 1 aromatic heterocycles. The van der Waals surface area contributed by atoms with Gasteiger partial charge in [-0.1, -0.05) is 6.92 Å². The fourth-order valence-electron chi connectivity index (χ4n) is 2.83. The summed E-state index contributed by atoms with van der Waals surface area (Å²) in [6.45, 7) is 2.26.